The van der Waals surface area contributed by atoms with Gasteiger partial charge in [-0.15, -0.1) is 11.3 Å². The zero-order chi connectivity index (χ0) is 11.1. The minimum absolute atomic E-state index is 0.360. The number of aliphatic hydroxyl groups is 1. The lowest BCUT2D eigenvalue weighted by atomic mass is 10.4. The van der Waals surface area contributed by atoms with Gasteiger partial charge in [0.2, 0.25) is 0 Å². The van der Waals surface area contributed by atoms with E-state index in [9.17, 15) is 5.11 Å². The van der Waals surface area contributed by atoms with Crippen LogP contribution in [-0.4, -0.2) is 43.5 Å². The monoisotopic (exact) mass is 230 g/mol. The molecule has 4 nitrogen and oxygen atoms in total. The van der Waals surface area contributed by atoms with Crippen molar-refractivity contribution in [3.05, 3.63) is 22.4 Å². The highest BCUT2D eigenvalue weighted by Crippen LogP contribution is 2.09. The van der Waals surface area contributed by atoms with Gasteiger partial charge in [-0.3, -0.25) is 10.4 Å². The largest absolute Gasteiger partial charge is 0.389 e. The van der Waals surface area contributed by atoms with Crippen molar-refractivity contribution in [1.82, 2.24) is 10.4 Å². The van der Waals surface area contributed by atoms with Gasteiger partial charge in [0.15, 0.2) is 0 Å². The molecule has 0 aliphatic carbocycles. The minimum Gasteiger partial charge on any atom is -0.389 e. The highest BCUT2D eigenvalue weighted by molar-refractivity contribution is 7.09. The number of ether oxygens (including phenoxy) is 1. The molecule has 1 aromatic heterocycles. The van der Waals surface area contributed by atoms with Crippen molar-refractivity contribution in [3.63, 3.8) is 0 Å². The lowest BCUT2D eigenvalue weighted by molar-refractivity contribution is 0.0221. The molecule has 1 heterocycles. The number of nitrogens with one attached hydrogen (secondary N) is 1. The molecule has 0 amide bonds. The average Bonchev–Trinajstić information content (AvgIpc) is 2.67. The molecule has 0 aromatic carbocycles. The number of hydrazine groups is 1. The molecule has 0 aliphatic rings. The molecular weight excluding hydrogens is 212 g/mol. The van der Waals surface area contributed by atoms with E-state index in [1.165, 1.54) is 4.88 Å². The number of hydrogen-bond acceptors (Lipinski definition) is 5. The number of hydrogen-bond donors (Lipinski definition) is 2. The smallest absolute Gasteiger partial charge is 0.0911 e. The quantitative estimate of drug-likeness (QED) is 0.677. The Balaban J connectivity index is 2.04. The maximum Gasteiger partial charge on any atom is 0.0911 e. The lowest BCUT2D eigenvalue weighted by Gasteiger charge is -2.16. The van der Waals surface area contributed by atoms with E-state index >= 15 is 0 Å². The molecule has 0 aliphatic heterocycles. The number of aliphatic hydroxyl groups excluding tert-OH is 1. The zero-order valence-electron chi connectivity index (χ0n) is 9.14. The van der Waals surface area contributed by atoms with Crippen molar-refractivity contribution in [2.75, 3.05) is 27.2 Å². The third-order valence-electron chi connectivity index (χ3n) is 1.78. The maximum absolute atomic E-state index is 9.52. The average molecular weight is 230 g/mol. The molecule has 0 fully saturated rings. The van der Waals surface area contributed by atoms with Crippen LogP contribution in [0.2, 0.25) is 0 Å². The molecule has 0 saturated heterocycles. The van der Waals surface area contributed by atoms with E-state index in [2.05, 4.69) is 5.43 Å². The summed E-state index contributed by atoms with van der Waals surface area (Å²) in [5.41, 5.74) is 2.99. The van der Waals surface area contributed by atoms with Gasteiger partial charge in [-0.05, 0) is 11.4 Å². The van der Waals surface area contributed by atoms with Gasteiger partial charge in [0.25, 0.3) is 0 Å². The van der Waals surface area contributed by atoms with Gasteiger partial charge >= 0.3 is 0 Å². The van der Waals surface area contributed by atoms with Crippen LogP contribution in [0.4, 0.5) is 0 Å². The maximum atomic E-state index is 9.52. The van der Waals surface area contributed by atoms with Crippen LogP contribution in [0.3, 0.4) is 0 Å². The Morgan fingerprint density at radius 3 is 3.00 bits per heavy atom. The molecule has 1 aromatic rings. The van der Waals surface area contributed by atoms with Gasteiger partial charge in [0.05, 0.1) is 19.3 Å². The van der Waals surface area contributed by atoms with Crippen molar-refractivity contribution in [2.45, 2.75) is 12.7 Å². The fraction of sp³-hybridized carbons (Fsp3) is 0.600. The highest BCUT2D eigenvalue weighted by Gasteiger charge is 2.04. The van der Waals surface area contributed by atoms with E-state index < -0.39 is 6.10 Å². The van der Waals surface area contributed by atoms with Crippen LogP contribution >= 0.6 is 11.3 Å². The van der Waals surface area contributed by atoms with Crippen molar-refractivity contribution in [2.24, 2.45) is 0 Å². The second-order valence-electron chi connectivity index (χ2n) is 3.50. The summed E-state index contributed by atoms with van der Waals surface area (Å²) in [4.78, 5) is 1.18. The van der Waals surface area contributed by atoms with Gasteiger partial charge in [0, 0.05) is 25.5 Å². The molecule has 86 valence electrons. The third kappa shape index (κ3) is 5.86. The molecule has 0 bridgehead atoms. The van der Waals surface area contributed by atoms with Crippen LogP contribution in [0.1, 0.15) is 4.88 Å². The van der Waals surface area contributed by atoms with Crippen LogP contribution < -0.4 is 5.43 Å². The van der Waals surface area contributed by atoms with Crippen molar-refractivity contribution in [3.8, 4) is 0 Å². The number of rotatable bonds is 7. The Bertz CT molecular complexity index is 252. The second kappa shape index (κ2) is 6.92. The molecule has 1 unspecified atom stereocenters. The second-order valence-corrected chi connectivity index (χ2v) is 4.54. The van der Waals surface area contributed by atoms with Crippen LogP contribution in [-0.2, 0) is 11.3 Å². The van der Waals surface area contributed by atoms with E-state index in [1.807, 2.05) is 36.6 Å². The van der Waals surface area contributed by atoms with E-state index in [4.69, 9.17) is 4.74 Å². The highest BCUT2D eigenvalue weighted by atomic mass is 32.1. The summed E-state index contributed by atoms with van der Waals surface area (Å²) in [5.74, 6) is 0. The Kier molecular flexibility index (Phi) is 5.82. The lowest BCUT2D eigenvalue weighted by Crippen LogP contribution is -2.38. The van der Waals surface area contributed by atoms with Gasteiger partial charge in [-0.1, -0.05) is 6.07 Å². The molecule has 0 radical (unpaired) electrons. The Labute approximate surface area is 94.4 Å². The SMILES string of the molecule is CN(C)NCC(O)COCc1cccs1. The molecule has 0 spiro atoms. The fourth-order valence-corrected chi connectivity index (χ4v) is 1.68. The number of thiophene rings is 1. The van der Waals surface area contributed by atoms with Gasteiger partial charge < -0.3 is 9.84 Å². The molecular formula is C10H18N2O2S. The molecule has 2 N–H and O–H groups in total. The summed E-state index contributed by atoms with van der Waals surface area (Å²) < 4.78 is 5.37. The standard InChI is InChI=1S/C10H18N2O2S/c1-12(2)11-6-9(13)7-14-8-10-4-3-5-15-10/h3-5,9,11,13H,6-8H2,1-2H3. The first-order chi connectivity index (χ1) is 7.18. The fourth-order valence-electron chi connectivity index (χ4n) is 1.04. The summed E-state index contributed by atoms with van der Waals surface area (Å²) in [6.45, 7) is 1.45. The summed E-state index contributed by atoms with van der Waals surface area (Å²) >= 11 is 1.66. The predicted molar refractivity (Wildman–Crippen MR) is 61.7 cm³/mol. The minimum atomic E-state index is -0.465. The predicted octanol–water partition coefficient (Wildman–Crippen LogP) is 0.692. The zero-order valence-corrected chi connectivity index (χ0v) is 9.96. The number of nitrogens with zero attached hydrogens (tertiary/aromatic N) is 1. The van der Waals surface area contributed by atoms with Crippen LogP contribution in [0.5, 0.6) is 0 Å². The summed E-state index contributed by atoms with van der Waals surface area (Å²) in [7, 11) is 3.78. The van der Waals surface area contributed by atoms with Gasteiger partial charge in [0.1, 0.15) is 0 Å². The third-order valence-corrected chi connectivity index (χ3v) is 2.63. The molecule has 1 atom stereocenters. The summed E-state index contributed by atoms with van der Waals surface area (Å²) in [6.07, 6.45) is -0.465. The molecule has 5 heteroatoms. The van der Waals surface area contributed by atoms with Crippen LogP contribution in [0.25, 0.3) is 0 Å². The van der Waals surface area contributed by atoms with Crippen LogP contribution in [0, 0.1) is 0 Å². The molecule has 1 rings (SSSR count). The Morgan fingerprint density at radius 1 is 1.60 bits per heavy atom. The van der Waals surface area contributed by atoms with E-state index in [0.29, 0.717) is 19.8 Å². The summed E-state index contributed by atoms with van der Waals surface area (Å²) in [6, 6.07) is 4.02. The van der Waals surface area contributed by atoms with Crippen molar-refractivity contribution >= 4 is 11.3 Å². The first kappa shape index (κ1) is 12.6. The van der Waals surface area contributed by atoms with Crippen molar-refractivity contribution in [1.29, 1.82) is 0 Å². The Morgan fingerprint density at radius 2 is 2.40 bits per heavy atom. The molecule has 15 heavy (non-hydrogen) atoms. The normalized spacial score (nSPS) is 13.3. The van der Waals surface area contributed by atoms with E-state index in [-0.39, 0.29) is 0 Å². The summed E-state index contributed by atoms with van der Waals surface area (Å²) in [5, 5.41) is 13.3. The van der Waals surface area contributed by atoms with Crippen molar-refractivity contribution < 1.29 is 9.84 Å². The Hall–Kier alpha value is -0.460. The van der Waals surface area contributed by atoms with E-state index in [1.54, 1.807) is 11.3 Å². The molecule has 0 saturated carbocycles. The topological polar surface area (TPSA) is 44.7 Å². The van der Waals surface area contributed by atoms with Gasteiger partial charge in [-0.25, -0.2) is 0 Å². The first-order valence-corrected chi connectivity index (χ1v) is 5.75. The van der Waals surface area contributed by atoms with Crippen LogP contribution in [0.15, 0.2) is 17.5 Å². The van der Waals surface area contributed by atoms with E-state index in [0.717, 1.165) is 0 Å². The van der Waals surface area contributed by atoms with Gasteiger partial charge in [-0.2, -0.15) is 0 Å². The first-order valence-electron chi connectivity index (χ1n) is 4.87.